The summed E-state index contributed by atoms with van der Waals surface area (Å²) in [6.45, 7) is 2.91. The lowest BCUT2D eigenvalue weighted by Crippen LogP contribution is -2.18. The molecule has 1 saturated heterocycles. The zero-order valence-corrected chi connectivity index (χ0v) is 20.3. The summed E-state index contributed by atoms with van der Waals surface area (Å²) in [4.78, 5) is 24.0. The molecule has 0 spiro atoms. The van der Waals surface area contributed by atoms with Crippen molar-refractivity contribution in [1.29, 1.82) is 0 Å². The van der Waals surface area contributed by atoms with Crippen LogP contribution in [0.3, 0.4) is 0 Å². The lowest BCUT2D eigenvalue weighted by atomic mass is 10.1. The van der Waals surface area contributed by atoms with Gasteiger partial charge in [0.25, 0.3) is 0 Å². The van der Waals surface area contributed by atoms with Crippen molar-refractivity contribution in [1.82, 2.24) is 40.0 Å². The molecule has 0 atom stereocenters. The Balaban J connectivity index is 1.31. The molecule has 0 aromatic carbocycles. The van der Waals surface area contributed by atoms with Crippen LogP contribution in [0, 0.1) is 10.9 Å². The van der Waals surface area contributed by atoms with Crippen molar-refractivity contribution in [2.45, 2.75) is 19.4 Å². The molecular formula is C26H20F2N8S. The van der Waals surface area contributed by atoms with Crippen molar-refractivity contribution in [3.63, 3.8) is 0 Å². The highest BCUT2D eigenvalue weighted by Gasteiger charge is 2.22. The summed E-state index contributed by atoms with van der Waals surface area (Å²) in [5, 5.41) is 7.19. The van der Waals surface area contributed by atoms with Gasteiger partial charge in [0.05, 0.1) is 17.1 Å². The molecule has 0 aliphatic carbocycles. The summed E-state index contributed by atoms with van der Waals surface area (Å²) in [6.07, 6.45) is 9.04. The van der Waals surface area contributed by atoms with Crippen molar-refractivity contribution < 1.29 is 8.78 Å². The number of nitrogens with zero attached hydrogens (tertiary/aromatic N) is 6. The topological polar surface area (TPSA) is 99.3 Å². The quantitative estimate of drug-likeness (QED) is 0.313. The second-order valence-corrected chi connectivity index (χ2v) is 10.1. The number of nitrogens with one attached hydrogen (secondary N) is 2. The Bertz CT molecular complexity index is 1770. The number of hydrogen-bond donors (Lipinski definition) is 2. The molecule has 7 heterocycles. The van der Waals surface area contributed by atoms with E-state index < -0.39 is 5.82 Å². The van der Waals surface area contributed by atoms with E-state index in [0.717, 1.165) is 47.0 Å². The number of aromatic nitrogens is 7. The number of fused-ring (bicyclic) bond motifs is 2. The molecule has 6 aromatic heterocycles. The van der Waals surface area contributed by atoms with Gasteiger partial charge in [-0.3, -0.25) is 20.0 Å². The third kappa shape index (κ3) is 3.87. The smallest absolute Gasteiger partial charge is 0.176 e. The SMILES string of the molecule is Fc1ccc(-c2ccnc3[nH]c(-c4n[nH]c5cnc(-c6cncc(CN7CCCC7)c6)c(F)c45)nc23)s1. The molecule has 184 valence electrons. The predicted octanol–water partition coefficient (Wildman–Crippen LogP) is 5.56. The highest BCUT2D eigenvalue weighted by Crippen LogP contribution is 2.35. The van der Waals surface area contributed by atoms with Crippen LogP contribution >= 0.6 is 11.3 Å². The molecule has 6 aromatic rings. The van der Waals surface area contributed by atoms with Gasteiger partial charge in [-0.15, -0.1) is 11.3 Å². The van der Waals surface area contributed by atoms with Gasteiger partial charge in [-0.25, -0.2) is 14.4 Å². The summed E-state index contributed by atoms with van der Waals surface area (Å²) in [5.74, 6) is -0.148. The van der Waals surface area contributed by atoms with E-state index in [-0.39, 0.29) is 16.2 Å². The van der Waals surface area contributed by atoms with Gasteiger partial charge in [-0.1, -0.05) is 0 Å². The molecule has 0 bridgehead atoms. The monoisotopic (exact) mass is 514 g/mol. The summed E-state index contributed by atoms with van der Waals surface area (Å²) >= 11 is 1.03. The van der Waals surface area contributed by atoms with Crippen LogP contribution in [0.4, 0.5) is 8.78 Å². The number of likely N-dealkylation sites (tertiary alicyclic amines) is 1. The van der Waals surface area contributed by atoms with Crippen molar-refractivity contribution >= 4 is 33.4 Å². The Morgan fingerprint density at radius 3 is 2.73 bits per heavy atom. The van der Waals surface area contributed by atoms with Gasteiger partial charge in [0, 0.05) is 41.1 Å². The molecule has 1 fully saturated rings. The van der Waals surface area contributed by atoms with Crippen LogP contribution in [0.5, 0.6) is 0 Å². The molecule has 0 unspecified atom stereocenters. The standard InChI is InChI=1S/C26H20F2N8S/c27-19-4-3-18(37-19)16-5-6-30-25-23(16)32-26(33-25)24-20-17(34-35-24)12-31-22(21(20)28)15-9-14(10-29-11-15)13-36-7-1-2-8-36/h3-6,9-12H,1-2,7-8,13H2,(H,34,35)(H,30,32,33). The van der Waals surface area contributed by atoms with E-state index in [4.69, 9.17) is 0 Å². The van der Waals surface area contributed by atoms with Crippen molar-refractivity contribution in [2.75, 3.05) is 13.1 Å². The normalized spacial score (nSPS) is 14.3. The van der Waals surface area contributed by atoms with Gasteiger partial charge in [-0.05, 0) is 55.8 Å². The first-order chi connectivity index (χ1) is 18.1. The molecule has 37 heavy (non-hydrogen) atoms. The maximum Gasteiger partial charge on any atom is 0.176 e. The summed E-state index contributed by atoms with van der Waals surface area (Å²) in [7, 11) is 0. The number of aromatic amines is 2. The first-order valence-electron chi connectivity index (χ1n) is 11.9. The maximum absolute atomic E-state index is 16.0. The van der Waals surface area contributed by atoms with Gasteiger partial charge in [0.2, 0.25) is 0 Å². The van der Waals surface area contributed by atoms with Crippen molar-refractivity contribution in [3.8, 4) is 33.2 Å². The van der Waals surface area contributed by atoms with Crippen LogP contribution < -0.4 is 0 Å². The zero-order valence-electron chi connectivity index (χ0n) is 19.5. The average molecular weight is 515 g/mol. The molecule has 1 aliphatic rings. The third-order valence-corrected chi connectivity index (χ3v) is 7.57. The molecular weight excluding hydrogens is 494 g/mol. The number of pyridine rings is 3. The van der Waals surface area contributed by atoms with E-state index in [1.807, 2.05) is 12.3 Å². The highest BCUT2D eigenvalue weighted by atomic mass is 32.1. The molecule has 0 saturated carbocycles. The number of rotatable bonds is 5. The van der Waals surface area contributed by atoms with E-state index >= 15 is 4.39 Å². The van der Waals surface area contributed by atoms with E-state index in [9.17, 15) is 4.39 Å². The minimum absolute atomic E-state index is 0.204. The number of H-pyrrole nitrogens is 2. The summed E-state index contributed by atoms with van der Waals surface area (Å²) in [6, 6.07) is 6.85. The molecule has 2 N–H and O–H groups in total. The van der Waals surface area contributed by atoms with Gasteiger partial charge in [0.15, 0.2) is 22.4 Å². The van der Waals surface area contributed by atoms with Crippen LogP contribution in [0.2, 0.25) is 0 Å². The minimum Gasteiger partial charge on any atom is -0.321 e. The Morgan fingerprint density at radius 2 is 1.89 bits per heavy atom. The minimum atomic E-state index is -0.504. The Labute approximate surface area is 213 Å². The van der Waals surface area contributed by atoms with Crippen LogP contribution in [-0.2, 0) is 6.54 Å². The lowest BCUT2D eigenvalue weighted by molar-refractivity contribution is 0.331. The second kappa shape index (κ2) is 8.79. The fourth-order valence-electron chi connectivity index (χ4n) is 4.93. The molecule has 8 nitrogen and oxygen atoms in total. The molecule has 0 amide bonds. The van der Waals surface area contributed by atoms with E-state index in [0.29, 0.717) is 33.8 Å². The average Bonchev–Trinajstić information content (AvgIpc) is 3.70. The molecule has 11 heteroatoms. The summed E-state index contributed by atoms with van der Waals surface area (Å²) in [5.41, 5.74) is 4.41. The van der Waals surface area contributed by atoms with Crippen molar-refractivity contribution in [2.24, 2.45) is 0 Å². The predicted molar refractivity (Wildman–Crippen MR) is 138 cm³/mol. The van der Waals surface area contributed by atoms with Crippen LogP contribution in [-0.4, -0.2) is 53.1 Å². The van der Waals surface area contributed by atoms with Crippen LogP contribution in [0.1, 0.15) is 18.4 Å². The molecule has 1 aliphatic heterocycles. The van der Waals surface area contributed by atoms with E-state index in [1.54, 1.807) is 30.7 Å². The van der Waals surface area contributed by atoms with Gasteiger partial charge in [0.1, 0.15) is 16.9 Å². The fraction of sp³-hybridized carbons (Fsp3) is 0.192. The largest absolute Gasteiger partial charge is 0.321 e. The first-order valence-corrected chi connectivity index (χ1v) is 12.8. The molecule has 7 rings (SSSR count). The number of thiophene rings is 1. The van der Waals surface area contributed by atoms with Gasteiger partial charge < -0.3 is 4.98 Å². The van der Waals surface area contributed by atoms with Gasteiger partial charge in [-0.2, -0.15) is 9.49 Å². The number of imidazole rings is 1. The third-order valence-electron chi connectivity index (χ3n) is 6.67. The van der Waals surface area contributed by atoms with E-state index in [2.05, 4.69) is 40.0 Å². The maximum atomic E-state index is 16.0. The van der Waals surface area contributed by atoms with Crippen molar-refractivity contribution in [3.05, 3.63) is 65.6 Å². The van der Waals surface area contributed by atoms with E-state index in [1.165, 1.54) is 18.9 Å². The van der Waals surface area contributed by atoms with Crippen LogP contribution in [0.15, 0.2) is 49.1 Å². The van der Waals surface area contributed by atoms with Gasteiger partial charge >= 0.3 is 0 Å². The Morgan fingerprint density at radius 1 is 1.00 bits per heavy atom. The summed E-state index contributed by atoms with van der Waals surface area (Å²) < 4.78 is 29.7. The Hall–Kier alpha value is -4.09. The number of hydrogen-bond acceptors (Lipinski definition) is 7. The molecule has 0 radical (unpaired) electrons. The highest BCUT2D eigenvalue weighted by molar-refractivity contribution is 7.14. The first kappa shape index (κ1) is 22.1. The van der Waals surface area contributed by atoms with Crippen LogP contribution in [0.25, 0.3) is 55.3 Å². The number of halogens is 2. The fourth-order valence-corrected chi connectivity index (χ4v) is 5.69. The Kier molecular flexibility index (Phi) is 5.26. The second-order valence-electron chi connectivity index (χ2n) is 9.09. The zero-order chi connectivity index (χ0) is 24.9. The lowest BCUT2D eigenvalue weighted by Gasteiger charge is -2.14.